The Morgan fingerprint density at radius 2 is 1.54 bits per heavy atom. The van der Waals surface area contributed by atoms with Crippen LogP contribution >= 0.6 is 0 Å². The molecule has 0 heterocycles. The molecule has 0 spiro atoms. The highest BCUT2D eigenvalue weighted by atomic mass is 32.2. The Bertz CT molecular complexity index is 750. The van der Waals surface area contributed by atoms with E-state index in [9.17, 15) is 18.0 Å². The summed E-state index contributed by atoms with van der Waals surface area (Å²) in [4.78, 5) is 23.5. The predicted molar refractivity (Wildman–Crippen MR) is 94.8 cm³/mol. The molecule has 1 aromatic carbocycles. The minimum atomic E-state index is -3.80. The second-order valence-corrected chi connectivity index (χ2v) is 7.11. The van der Waals surface area contributed by atoms with Crippen LogP contribution in [0.4, 0.5) is 0 Å². The lowest BCUT2D eigenvalue weighted by atomic mass is 10.2. The second-order valence-electron chi connectivity index (χ2n) is 5.46. The maximum absolute atomic E-state index is 11.8. The van der Waals surface area contributed by atoms with Gasteiger partial charge in [-0.25, -0.2) is 13.1 Å². The zero-order chi connectivity index (χ0) is 19.1. The molecule has 0 aliphatic carbocycles. The minimum Gasteiger partial charge on any atom is -0.345 e. The lowest BCUT2D eigenvalue weighted by Crippen LogP contribution is -2.31. The SMILES string of the molecule is C=C(C)C(=O)N(C)C.C=C(C)C(=O)NS(=O)(=O)c1ccccc1C. The molecular weight excluding hydrogens is 328 g/mol. The number of amides is 2. The van der Waals surface area contributed by atoms with Gasteiger partial charge in [0.2, 0.25) is 5.91 Å². The van der Waals surface area contributed by atoms with Gasteiger partial charge in [0.25, 0.3) is 15.9 Å². The number of carbonyl (C=O) groups excluding carboxylic acids is 2. The molecule has 1 N–H and O–H groups in total. The summed E-state index contributed by atoms with van der Waals surface area (Å²) in [7, 11) is -0.385. The van der Waals surface area contributed by atoms with Gasteiger partial charge in [0.15, 0.2) is 0 Å². The van der Waals surface area contributed by atoms with Gasteiger partial charge in [-0.05, 0) is 32.4 Å². The van der Waals surface area contributed by atoms with E-state index in [1.165, 1.54) is 17.9 Å². The van der Waals surface area contributed by atoms with Crippen molar-refractivity contribution in [1.29, 1.82) is 0 Å². The summed E-state index contributed by atoms with van der Waals surface area (Å²) in [6.07, 6.45) is 0. The molecule has 0 atom stereocenters. The van der Waals surface area contributed by atoms with E-state index in [1.54, 1.807) is 46.1 Å². The van der Waals surface area contributed by atoms with E-state index in [0.29, 0.717) is 11.1 Å². The summed E-state index contributed by atoms with van der Waals surface area (Å²) in [6, 6.07) is 6.45. The first-order valence-electron chi connectivity index (χ1n) is 7.05. The summed E-state index contributed by atoms with van der Waals surface area (Å²) in [5.74, 6) is -0.701. The first-order valence-corrected chi connectivity index (χ1v) is 8.54. The van der Waals surface area contributed by atoms with Crippen LogP contribution < -0.4 is 4.72 Å². The number of carbonyl (C=O) groups is 2. The maximum atomic E-state index is 11.8. The van der Waals surface area contributed by atoms with Crippen molar-refractivity contribution in [1.82, 2.24) is 9.62 Å². The maximum Gasteiger partial charge on any atom is 0.264 e. The van der Waals surface area contributed by atoms with Crippen molar-refractivity contribution in [2.45, 2.75) is 25.7 Å². The van der Waals surface area contributed by atoms with Crippen molar-refractivity contribution in [2.75, 3.05) is 14.1 Å². The standard InChI is InChI=1S/C11H13NO3S.C6H11NO/c1-8(2)11(13)12-16(14,15)10-7-5-4-6-9(10)3;1-5(2)6(8)7(3)4/h4-7H,1H2,2-3H3,(H,12,13);1H2,2-4H3. The lowest BCUT2D eigenvalue weighted by Gasteiger charge is -2.08. The molecule has 0 unspecified atom stereocenters. The van der Waals surface area contributed by atoms with E-state index in [4.69, 9.17) is 0 Å². The summed E-state index contributed by atoms with van der Waals surface area (Å²) >= 11 is 0. The van der Waals surface area contributed by atoms with E-state index < -0.39 is 15.9 Å². The number of hydrogen-bond donors (Lipinski definition) is 1. The predicted octanol–water partition coefficient (Wildman–Crippen LogP) is 2.03. The third kappa shape index (κ3) is 6.78. The van der Waals surface area contributed by atoms with Crippen molar-refractivity contribution >= 4 is 21.8 Å². The summed E-state index contributed by atoms with van der Waals surface area (Å²) in [5, 5.41) is 0. The van der Waals surface area contributed by atoms with Crippen molar-refractivity contribution in [3.63, 3.8) is 0 Å². The molecule has 0 saturated carbocycles. The number of benzene rings is 1. The van der Waals surface area contributed by atoms with Crippen LogP contribution in [0.5, 0.6) is 0 Å². The molecule has 1 aromatic rings. The molecule has 132 valence electrons. The van der Waals surface area contributed by atoms with Crippen molar-refractivity contribution < 1.29 is 18.0 Å². The molecule has 0 aliphatic rings. The molecule has 0 saturated heterocycles. The Kier molecular flexibility index (Phi) is 8.12. The summed E-state index contributed by atoms with van der Waals surface area (Å²) in [5.41, 5.74) is 1.32. The molecule has 2 amide bonds. The second kappa shape index (κ2) is 9.02. The number of likely N-dealkylation sites (N-methyl/N-ethyl adjacent to an activating group) is 1. The summed E-state index contributed by atoms with van der Waals surface area (Å²) in [6.45, 7) is 11.7. The summed E-state index contributed by atoms with van der Waals surface area (Å²) < 4.78 is 25.5. The van der Waals surface area contributed by atoms with Crippen LogP contribution in [0, 0.1) is 6.92 Å². The van der Waals surface area contributed by atoms with Crippen LogP contribution in [0.3, 0.4) is 0 Å². The first-order chi connectivity index (χ1) is 10.9. The highest BCUT2D eigenvalue weighted by Crippen LogP contribution is 2.13. The Morgan fingerprint density at radius 1 is 1.04 bits per heavy atom. The highest BCUT2D eigenvalue weighted by Gasteiger charge is 2.19. The van der Waals surface area contributed by atoms with Crippen LogP contribution in [0.25, 0.3) is 0 Å². The monoisotopic (exact) mass is 352 g/mol. The van der Waals surface area contributed by atoms with Gasteiger partial charge in [-0.3, -0.25) is 9.59 Å². The van der Waals surface area contributed by atoms with Crippen LogP contribution in [0.2, 0.25) is 0 Å². The van der Waals surface area contributed by atoms with E-state index in [-0.39, 0.29) is 16.4 Å². The molecular formula is C17H24N2O4S. The number of aryl methyl sites for hydroxylation is 1. The van der Waals surface area contributed by atoms with Crippen LogP contribution in [-0.4, -0.2) is 39.2 Å². The molecule has 0 fully saturated rings. The zero-order valence-corrected chi connectivity index (χ0v) is 15.5. The molecule has 0 aromatic heterocycles. The number of rotatable bonds is 4. The third-order valence-electron chi connectivity index (χ3n) is 2.77. The van der Waals surface area contributed by atoms with Gasteiger partial charge in [-0.15, -0.1) is 0 Å². The number of hydrogen-bond acceptors (Lipinski definition) is 4. The average molecular weight is 352 g/mol. The molecule has 24 heavy (non-hydrogen) atoms. The molecule has 0 bridgehead atoms. The first kappa shape index (κ1) is 21.6. The zero-order valence-electron chi connectivity index (χ0n) is 14.7. The third-order valence-corrected chi connectivity index (χ3v) is 4.26. The van der Waals surface area contributed by atoms with Gasteiger partial charge in [-0.1, -0.05) is 31.4 Å². The molecule has 1 rings (SSSR count). The number of sulfonamides is 1. The quantitative estimate of drug-likeness (QED) is 0.841. The normalized spacial score (nSPS) is 10.0. The molecule has 0 radical (unpaired) electrons. The van der Waals surface area contributed by atoms with Crippen molar-refractivity contribution in [2.24, 2.45) is 0 Å². The van der Waals surface area contributed by atoms with Crippen molar-refractivity contribution in [3.05, 3.63) is 54.1 Å². The fourth-order valence-corrected chi connectivity index (χ4v) is 2.78. The van der Waals surface area contributed by atoms with Gasteiger partial charge in [0.05, 0.1) is 4.90 Å². The van der Waals surface area contributed by atoms with E-state index in [0.717, 1.165) is 0 Å². The van der Waals surface area contributed by atoms with Crippen LogP contribution in [0.15, 0.2) is 53.5 Å². The molecule has 0 aliphatic heterocycles. The topological polar surface area (TPSA) is 83.6 Å². The van der Waals surface area contributed by atoms with Crippen LogP contribution in [-0.2, 0) is 19.6 Å². The Hall–Kier alpha value is -2.41. The van der Waals surface area contributed by atoms with Crippen LogP contribution in [0.1, 0.15) is 19.4 Å². The van der Waals surface area contributed by atoms with Gasteiger partial charge in [0, 0.05) is 25.2 Å². The van der Waals surface area contributed by atoms with Gasteiger partial charge in [0.1, 0.15) is 0 Å². The van der Waals surface area contributed by atoms with Gasteiger partial charge in [-0.2, -0.15) is 0 Å². The smallest absolute Gasteiger partial charge is 0.264 e. The number of nitrogens with zero attached hydrogens (tertiary/aromatic N) is 1. The Labute approximate surface area is 143 Å². The average Bonchev–Trinajstić information content (AvgIpc) is 2.46. The van der Waals surface area contributed by atoms with Gasteiger partial charge >= 0.3 is 0 Å². The Morgan fingerprint density at radius 3 is 1.88 bits per heavy atom. The van der Waals surface area contributed by atoms with Gasteiger partial charge < -0.3 is 4.90 Å². The largest absolute Gasteiger partial charge is 0.345 e. The fourth-order valence-electron chi connectivity index (χ4n) is 1.50. The highest BCUT2D eigenvalue weighted by molar-refractivity contribution is 7.90. The van der Waals surface area contributed by atoms with E-state index in [1.807, 2.05) is 4.72 Å². The minimum absolute atomic E-state index is 0.00926. The fraction of sp³-hybridized carbons (Fsp3) is 0.294. The number of nitrogens with one attached hydrogen (secondary N) is 1. The molecule has 7 heteroatoms. The van der Waals surface area contributed by atoms with Crippen molar-refractivity contribution in [3.8, 4) is 0 Å². The molecule has 6 nitrogen and oxygen atoms in total. The lowest BCUT2D eigenvalue weighted by molar-refractivity contribution is -0.124. The van der Waals surface area contributed by atoms with E-state index in [2.05, 4.69) is 13.2 Å². The van der Waals surface area contributed by atoms with E-state index >= 15 is 0 Å². The Balaban J connectivity index is 0.000000561.